The third kappa shape index (κ3) is 24.9. The van der Waals surface area contributed by atoms with Crippen molar-refractivity contribution in [3.05, 3.63) is 71.8 Å². The molecule has 0 amide bonds. The fourth-order valence-corrected chi connectivity index (χ4v) is 1.69. The van der Waals surface area contributed by atoms with E-state index in [-0.39, 0.29) is 31.5 Å². The second-order valence-electron chi connectivity index (χ2n) is 6.97. The van der Waals surface area contributed by atoms with E-state index >= 15 is 0 Å². The lowest BCUT2D eigenvalue weighted by Gasteiger charge is -2.12. The first-order chi connectivity index (χ1) is 16.9. The van der Waals surface area contributed by atoms with Crippen LogP contribution in [0.1, 0.15) is 67.7 Å². The highest BCUT2D eigenvalue weighted by Crippen LogP contribution is 2.03. The van der Waals surface area contributed by atoms with Gasteiger partial charge in [-0.05, 0) is 30.7 Å². The van der Waals surface area contributed by atoms with Gasteiger partial charge in [-0.2, -0.15) is 0 Å². The molecular formula is C26H38O10. The molecule has 0 spiro atoms. The van der Waals surface area contributed by atoms with E-state index in [0.717, 1.165) is 6.42 Å². The Morgan fingerprint density at radius 3 is 1.06 bits per heavy atom. The lowest BCUT2D eigenvalue weighted by Crippen LogP contribution is -2.19. The van der Waals surface area contributed by atoms with Crippen LogP contribution in [0.4, 0.5) is 0 Å². The van der Waals surface area contributed by atoms with Crippen molar-refractivity contribution in [3.63, 3.8) is 0 Å². The SMILES string of the molecule is CCC(=O)O.CCC(=O)O.CCC(O)C(C)CO.O=C(O)c1ccccc1.O=C(O)c1ccccc1. The first-order valence-corrected chi connectivity index (χ1v) is 11.2. The maximum Gasteiger partial charge on any atom is 0.335 e. The number of carboxylic acids is 4. The van der Waals surface area contributed by atoms with E-state index in [9.17, 15) is 19.2 Å². The summed E-state index contributed by atoms with van der Waals surface area (Å²) in [6, 6.07) is 16.6. The Morgan fingerprint density at radius 2 is 0.944 bits per heavy atom. The van der Waals surface area contributed by atoms with E-state index < -0.39 is 23.9 Å². The average molecular weight is 511 g/mol. The predicted molar refractivity (Wildman–Crippen MR) is 135 cm³/mol. The molecule has 2 unspecified atom stereocenters. The van der Waals surface area contributed by atoms with Gasteiger partial charge in [-0.15, -0.1) is 0 Å². The summed E-state index contributed by atoms with van der Waals surface area (Å²) in [7, 11) is 0. The van der Waals surface area contributed by atoms with Crippen molar-refractivity contribution in [2.45, 2.75) is 53.1 Å². The molecule has 2 rings (SSSR count). The summed E-state index contributed by atoms with van der Waals surface area (Å²) in [5.74, 6) is -3.22. The summed E-state index contributed by atoms with van der Waals surface area (Å²) in [5.41, 5.74) is 0.662. The zero-order chi connectivity index (χ0) is 28.5. The molecule has 0 radical (unpaired) electrons. The van der Waals surface area contributed by atoms with E-state index in [1.165, 1.54) is 0 Å². The molecule has 6 N–H and O–H groups in total. The number of benzene rings is 2. The van der Waals surface area contributed by atoms with Crippen LogP contribution in [0.15, 0.2) is 60.7 Å². The predicted octanol–water partition coefficient (Wildman–Crippen LogP) is 4.12. The standard InChI is InChI=1S/2C7H6O2.C6H14O2.2C3H6O2/c2*8-7(9)6-4-2-1-3-5-6;1-3-6(8)5(2)4-7;2*1-2-3(4)5/h2*1-5H,(H,8,9);5-8H,3-4H2,1-2H3;2*2H2,1H3,(H,4,5). The zero-order valence-electron chi connectivity index (χ0n) is 21.1. The number of hydrogen-bond acceptors (Lipinski definition) is 6. The number of aliphatic carboxylic acids is 2. The molecule has 2 aromatic carbocycles. The maximum absolute atomic E-state index is 10.2. The van der Waals surface area contributed by atoms with Gasteiger partial charge < -0.3 is 30.6 Å². The molecule has 202 valence electrons. The number of hydrogen-bond donors (Lipinski definition) is 6. The fourth-order valence-electron chi connectivity index (χ4n) is 1.69. The van der Waals surface area contributed by atoms with Crippen LogP contribution in [0, 0.1) is 5.92 Å². The quantitative estimate of drug-likeness (QED) is 0.316. The summed E-state index contributed by atoms with van der Waals surface area (Å²) in [6.07, 6.45) is 0.835. The Balaban J connectivity index is -0.000000388. The molecule has 0 bridgehead atoms. The van der Waals surface area contributed by atoms with Gasteiger partial charge in [0.1, 0.15) is 0 Å². The van der Waals surface area contributed by atoms with Gasteiger partial charge >= 0.3 is 23.9 Å². The van der Waals surface area contributed by atoms with Gasteiger partial charge in [0, 0.05) is 25.4 Å². The molecule has 0 aliphatic rings. The first kappa shape index (κ1) is 36.8. The molecule has 0 aromatic heterocycles. The summed E-state index contributed by atoms with van der Waals surface area (Å²) in [6.45, 7) is 7.00. The average Bonchev–Trinajstić information content (AvgIpc) is 2.90. The Labute approximate surface area is 211 Å². The number of aromatic carboxylic acids is 2. The van der Waals surface area contributed by atoms with Crippen LogP contribution in [-0.4, -0.2) is 67.2 Å². The summed E-state index contributed by atoms with van der Waals surface area (Å²) in [5, 5.41) is 49.7. The Kier molecular flexibility index (Phi) is 24.9. The van der Waals surface area contributed by atoms with E-state index in [1.807, 2.05) is 13.8 Å². The van der Waals surface area contributed by atoms with Crippen LogP contribution in [-0.2, 0) is 9.59 Å². The third-order valence-electron chi connectivity index (χ3n) is 4.01. The van der Waals surface area contributed by atoms with Crippen LogP contribution in [0.5, 0.6) is 0 Å². The van der Waals surface area contributed by atoms with Gasteiger partial charge in [-0.25, -0.2) is 9.59 Å². The van der Waals surface area contributed by atoms with Crippen LogP contribution in [0.3, 0.4) is 0 Å². The number of rotatable bonds is 7. The van der Waals surface area contributed by atoms with Gasteiger partial charge in [0.15, 0.2) is 0 Å². The summed E-state index contributed by atoms with van der Waals surface area (Å²) in [4.78, 5) is 39.1. The molecule has 36 heavy (non-hydrogen) atoms. The second kappa shape index (κ2) is 24.4. The monoisotopic (exact) mass is 510 g/mol. The highest BCUT2D eigenvalue weighted by atomic mass is 16.4. The van der Waals surface area contributed by atoms with Crippen molar-refractivity contribution in [3.8, 4) is 0 Å². The Hall–Kier alpha value is -3.76. The third-order valence-corrected chi connectivity index (χ3v) is 4.01. The molecule has 2 atom stereocenters. The van der Waals surface area contributed by atoms with Gasteiger partial charge in [0.25, 0.3) is 0 Å². The van der Waals surface area contributed by atoms with Gasteiger partial charge in [0.2, 0.25) is 0 Å². The minimum atomic E-state index is -0.879. The minimum absolute atomic E-state index is 0.0278. The minimum Gasteiger partial charge on any atom is -0.481 e. The number of carbonyl (C=O) groups is 4. The topological polar surface area (TPSA) is 190 Å². The molecule has 0 fully saturated rings. The fraction of sp³-hybridized carbons (Fsp3) is 0.385. The molecule has 0 saturated carbocycles. The lowest BCUT2D eigenvalue weighted by atomic mass is 10.0. The van der Waals surface area contributed by atoms with Crippen LogP contribution in [0.2, 0.25) is 0 Å². The molecule has 10 nitrogen and oxygen atoms in total. The van der Waals surface area contributed by atoms with Crippen molar-refractivity contribution < 1.29 is 49.8 Å². The van der Waals surface area contributed by atoms with Gasteiger partial charge in [-0.3, -0.25) is 9.59 Å². The lowest BCUT2D eigenvalue weighted by molar-refractivity contribution is -0.137. The Morgan fingerprint density at radius 1 is 0.667 bits per heavy atom. The van der Waals surface area contributed by atoms with Gasteiger partial charge in [-0.1, -0.05) is 64.1 Å². The first-order valence-electron chi connectivity index (χ1n) is 11.2. The molecule has 0 aliphatic carbocycles. The summed E-state index contributed by atoms with van der Waals surface area (Å²) >= 11 is 0. The van der Waals surface area contributed by atoms with Crippen LogP contribution in [0.25, 0.3) is 0 Å². The van der Waals surface area contributed by atoms with Crippen LogP contribution < -0.4 is 0 Å². The van der Waals surface area contributed by atoms with E-state index in [0.29, 0.717) is 11.1 Å². The number of aliphatic hydroxyl groups is 2. The van der Waals surface area contributed by atoms with E-state index in [4.69, 9.17) is 30.6 Å². The van der Waals surface area contributed by atoms with E-state index in [1.54, 1.807) is 74.5 Å². The zero-order valence-corrected chi connectivity index (χ0v) is 21.1. The van der Waals surface area contributed by atoms with Crippen molar-refractivity contribution in [2.24, 2.45) is 5.92 Å². The van der Waals surface area contributed by atoms with Crippen molar-refractivity contribution in [2.75, 3.05) is 6.61 Å². The van der Waals surface area contributed by atoms with Crippen molar-refractivity contribution in [1.82, 2.24) is 0 Å². The number of carboxylic acid groups (broad SMARTS) is 4. The van der Waals surface area contributed by atoms with Crippen LogP contribution >= 0.6 is 0 Å². The normalized spacial score (nSPS) is 10.5. The highest BCUT2D eigenvalue weighted by molar-refractivity contribution is 5.87. The van der Waals surface area contributed by atoms with Gasteiger partial charge in [0.05, 0.1) is 17.2 Å². The molecule has 2 aromatic rings. The molecular weight excluding hydrogens is 472 g/mol. The van der Waals surface area contributed by atoms with Crippen molar-refractivity contribution in [1.29, 1.82) is 0 Å². The maximum atomic E-state index is 10.2. The van der Waals surface area contributed by atoms with Crippen molar-refractivity contribution >= 4 is 23.9 Å². The smallest absolute Gasteiger partial charge is 0.335 e. The summed E-state index contributed by atoms with van der Waals surface area (Å²) < 4.78 is 0. The molecule has 0 saturated heterocycles. The molecule has 0 heterocycles. The Bertz CT molecular complexity index is 767. The largest absolute Gasteiger partial charge is 0.481 e. The number of aliphatic hydroxyl groups excluding tert-OH is 2. The highest BCUT2D eigenvalue weighted by Gasteiger charge is 2.08. The second-order valence-corrected chi connectivity index (χ2v) is 6.97. The molecule has 10 heteroatoms. The molecule has 0 aliphatic heterocycles. The van der Waals surface area contributed by atoms with E-state index in [2.05, 4.69) is 0 Å².